The molecule has 2 aliphatic rings. The maximum atomic E-state index is 3.64. The number of rotatable bonds is 1. The fraction of sp³-hybridized carbons (Fsp3) is 0.800. The van der Waals surface area contributed by atoms with Gasteiger partial charge in [0.2, 0.25) is 0 Å². The average molecular weight is 151 g/mol. The van der Waals surface area contributed by atoms with E-state index >= 15 is 0 Å². The Hall–Kier alpha value is -0.300. The summed E-state index contributed by atoms with van der Waals surface area (Å²) in [4.78, 5) is 0. The van der Waals surface area contributed by atoms with Crippen LogP contribution in [0.5, 0.6) is 0 Å². The first-order chi connectivity index (χ1) is 5.38. The first kappa shape index (κ1) is 7.35. The van der Waals surface area contributed by atoms with Crippen LogP contribution < -0.4 is 5.32 Å². The summed E-state index contributed by atoms with van der Waals surface area (Å²) < 4.78 is 0. The Morgan fingerprint density at radius 1 is 1.18 bits per heavy atom. The molecule has 2 fully saturated rings. The molecular formula is C10H17N. The minimum Gasteiger partial charge on any atom is -0.311 e. The molecule has 2 saturated heterocycles. The molecule has 2 unspecified atom stereocenters. The van der Waals surface area contributed by atoms with E-state index in [1.54, 1.807) is 0 Å². The van der Waals surface area contributed by atoms with Gasteiger partial charge < -0.3 is 5.32 Å². The molecule has 0 saturated carbocycles. The van der Waals surface area contributed by atoms with Crippen molar-refractivity contribution in [1.82, 2.24) is 5.32 Å². The second-order valence-corrected chi connectivity index (χ2v) is 3.90. The molecule has 0 aromatic carbocycles. The highest BCUT2D eigenvalue weighted by Crippen LogP contribution is 2.31. The van der Waals surface area contributed by atoms with Gasteiger partial charge in [-0.25, -0.2) is 0 Å². The Morgan fingerprint density at radius 2 is 1.82 bits per heavy atom. The molecule has 1 nitrogen and oxygen atoms in total. The van der Waals surface area contributed by atoms with Crippen LogP contribution >= 0.6 is 0 Å². The summed E-state index contributed by atoms with van der Waals surface area (Å²) in [5.41, 5.74) is 0. The lowest BCUT2D eigenvalue weighted by molar-refractivity contribution is 0.344. The van der Waals surface area contributed by atoms with Gasteiger partial charge in [-0.1, -0.05) is 12.2 Å². The van der Waals surface area contributed by atoms with E-state index in [1.165, 1.54) is 25.7 Å². The second kappa shape index (κ2) is 2.98. The standard InChI is InChI=1S/C10H17N/c1-2-3-8-6-9-4-5-10(7-8)11-9/h2-3,8-11H,4-7H2,1H3/b3-2+. The van der Waals surface area contributed by atoms with Crippen LogP contribution in [0.1, 0.15) is 32.6 Å². The van der Waals surface area contributed by atoms with Crippen molar-refractivity contribution in [3.8, 4) is 0 Å². The molecule has 0 spiro atoms. The monoisotopic (exact) mass is 151 g/mol. The summed E-state index contributed by atoms with van der Waals surface area (Å²) in [6, 6.07) is 1.69. The SMILES string of the molecule is C/C=C/C1CC2CCC(C1)N2. The minimum atomic E-state index is 0.843. The molecule has 1 heteroatoms. The maximum Gasteiger partial charge on any atom is 0.00758 e. The van der Waals surface area contributed by atoms with Gasteiger partial charge in [0.1, 0.15) is 0 Å². The lowest BCUT2D eigenvalue weighted by Crippen LogP contribution is -2.37. The Balaban J connectivity index is 1.97. The highest BCUT2D eigenvalue weighted by molar-refractivity contribution is 4.98. The minimum absolute atomic E-state index is 0.843. The molecule has 2 rings (SSSR count). The Bertz CT molecular complexity index is 150. The third-order valence-electron chi connectivity index (χ3n) is 2.97. The smallest absolute Gasteiger partial charge is 0.00758 e. The molecule has 0 aromatic rings. The van der Waals surface area contributed by atoms with Crippen LogP contribution in [0.4, 0.5) is 0 Å². The second-order valence-electron chi connectivity index (χ2n) is 3.90. The Kier molecular flexibility index (Phi) is 1.99. The largest absolute Gasteiger partial charge is 0.311 e. The normalized spacial score (nSPS) is 43.5. The van der Waals surface area contributed by atoms with Gasteiger partial charge in [0.25, 0.3) is 0 Å². The fourth-order valence-corrected chi connectivity index (χ4v) is 2.53. The molecule has 0 amide bonds. The van der Waals surface area contributed by atoms with E-state index in [0.29, 0.717) is 0 Å². The average Bonchev–Trinajstić information content (AvgIpc) is 2.32. The van der Waals surface area contributed by atoms with Crippen molar-refractivity contribution in [2.24, 2.45) is 5.92 Å². The van der Waals surface area contributed by atoms with E-state index in [2.05, 4.69) is 24.4 Å². The molecule has 0 aliphatic carbocycles. The molecule has 2 atom stereocenters. The molecule has 62 valence electrons. The van der Waals surface area contributed by atoms with Crippen molar-refractivity contribution in [2.75, 3.05) is 0 Å². The van der Waals surface area contributed by atoms with Crippen LogP contribution in [0.25, 0.3) is 0 Å². The van der Waals surface area contributed by atoms with E-state index in [0.717, 1.165) is 18.0 Å². The van der Waals surface area contributed by atoms with Crippen molar-refractivity contribution in [2.45, 2.75) is 44.7 Å². The molecule has 11 heavy (non-hydrogen) atoms. The number of nitrogens with one attached hydrogen (secondary N) is 1. The molecule has 2 heterocycles. The van der Waals surface area contributed by atoms with Gasteiger partial charge in [-0.15, -0.1) is 0 Å². The topological polar surface area (TPSA) is 12.0 Å². The van der Waals surface area contributed by atoms with Crippen molar-refractivity contribution in [3.05, 3.63) is 12.2 Å². The predicted molar refractivity (Wildman–Crippen MR) is 47.5 cm³/mol. The lowest BCUT2D eigenvalue weighted by Gasteiger charge is -2.26. The van der Waals surface area contributed by atoms with E-state index < -0.39 is 0 Å². The number of fused-ring (bicyclic) bond motifs is 2. The van der Waals surface area contributed by atoms with Crippen LogP contribution in [0.15, 0.2) is 12.2 Å². The number of hydrogen-bond donors (Lipinski definition) is 1. The third-order valence-corrected chi connectivity index (χ3v) is 2.97. The fourth-order valence-electron chi connectivity index (χ4n) is 2.53. The zero-order valence-electron chi connectivity index (χ0n) is 7.22. The summed E-state index contributed by atoms with van der Waals surface area (Å²) in [6.45, 7) is 2.13. The van der Waals surface area contributed by atoms with E-state index in [9.17, 15) is 0 Å². The molecular weight excluding hydrogens is 134 g/mol. The van der Waals surface area contributed by atoms with Gasteiger partial charge in [-0.05, 0) is 38.5 Å². The summed E-state index contributed by atoms with van der Waals surface area (Å²) in [5, 5.41) is 3.64. The predicted octanol–water partition coefficient (Wildman–Crippen LogP) is 2.09. The van der Waals surface area contributed by atoms with Crippen LogP contribution in [0, 0.1) is 5.92 Å². The zero-order chi connectivity index (χ0) is 7.68. The van der Waals surface area contributed by atoms with Crippen LogP contribution in [-0.2, 0) is 0 Å². The van der Waals surface area contributed by atoms with Gasteiger partial charge in [-0.2, -0.15) is 0 Å². The van der Waals surface area contributed by atoms with Gasteiger partial charge >= 0.3 is 0 Å². The van der Waals surface area contributed by atoms with Gasteiger partial charge in [-0.3, -0.25) is 0 Å². The summed E-state index contributed by atoms with van der Waals surface area (Å²) in [5.74, 6) is 0.874. The lowest BCUT2D eigenvalue weighted by atomic mass is 9.92. The first-order valence-corrected chi connectivity index (χ1v) is 4.77. The third kappa shape index (κ3) is 1.48. The summed E-state index contributed by atoms with van der Waals surface area (Å²) in [6.07, 6.45) is 10.2. The van der Waals surface area contributed by atoms with Crippen molar-refractivity contribution in [3.63, 3.8) is 0 Å². The van der Waals surface area contributed by atoms with Gasteiger partial charge in [0.15, 0.2) is 0 Å². The van der Waals surface area contributed by atoms with E-state index in [-0.39, 0.29) is 0 Å². The molecule has 0 aromatic heterocycles. The Morgan fingerprint density at radius 3 is 2.36 bits per heavy atom. The Labute approximate surface area is 68.9 Å². The van der Waals surface area contributed by atoms with Crippen molar-refractivity contribution in [1.29, 1.82) is 0 Å². The molecule has 1 N–H and O–H groups in total. The van der Waals surface area contributed by atoms with Crippen LogP contribution in [0.2, 0.25) is 0 Å². The highest BCUT2D eigenvalue weighted by Gasteiger charge is 2.31. The molecule has 2 aliphatic heterocycles. The quantitative estimate of drug-likeness (QED) is 0.566. The van der Waals surface area contributed by atoms with Crippen molar-refractivity contribution < 1.29 is 0 Å². The number of allylic oxidation sites excluding steroid dienone is 2. The number of piperidine rings is 1. The molecule has 2 bridgehead atoms. The van der Waals surface area contributed by atoms with E-state index in [1.807, 2.05) is 0 Å². The van der Waals surface area contributed by atoms with Crippen LogP contribution in [-0.4, -0.2) is 12.1 Å². The highest BCUT2D eigenvalue weighted by atomic mass is 15.0. The van der Waals surface area contributed by atoms with Crippen molar-refractivity contribution >= 4 is 0 Å². The van der Waals surface area contributed by atoms with Gasteiger partial charge in [0, 0.05) is 12.1 Å². The van der Waals surface area contributed by atoms with E-state index in [4.69, 9.17) is 0 Å². The molecule has 0 radical (unpaired) electrons. The number of hydrogen-bond acceptors (Lipinski definition) is 1. The first-order valence-electron chi connectivity index (χ1n) is 4.77. The maximum absolute atomic E-state index is 3.64. The van der Waals surface area contributed by atoms with Crippen LogP contribution in [0.3, 0.4) is 0 Å². The summed E-state index contributed by atoms with van der Waals surface area (Å²) >= 11 is 0. The summed E-state index contributed by atoms with van der Waals surface area (Å²) in [7, 11) is 0. The van der Waals surface area contributed by atoms with Gasteiger partial charge in [0.05, 0.1) is 0 Å². The zero-order valence-corrected chi connectivity index (χ0v) is 7.22.